The molecule has 3 nitrogen and oxygen atoms in total. The van der Waals surface area contributed by atoms with E-state index in [0.29, 0.717) is 11.3 Å². The van der Waals surface area contributed by atoms with Gasteiger partial charge < -0.3 is 9.47 Å². The van der Waals surface area contributed by atoms with Crippen LogP contribution in [-0.4, -0.2) is 12.1 Å². The van der Waals surface area contributed by atoms with Crippen molar-refractivity contribution < 1.29 is 14.3 Å². The Morgan fingerprint density at radius 1 is 0.767 bits per heavy atom. The standard InChI is InChI=1S/C27H38O3/c1-4-7-9-11-13-24(6-3)29-25-20-16-23(17-21-25)27(28)30-26-18-14-22(15-19-26)12-10-8-5-2/h14-21,24H,4-13H2,1-3H3/t24-/m1/s1. The summed E-state index contributed by atoms with van der Waals surface area (Å²) in [6.45, 7) is 6.59. The average molecular weight is 411 g/mol. The molecule has 0 heterocycles. The van der Waals surface area contributed by atoms with Crippen molar-refractivity contribution in [3.05, 3.63) is 59.7 Å². The van der Waals surface area contributed by atoms with Gasteiger partial charge >= 0.3 is 5.97 Å². The first-order chi connectivity index (χ1) is 14.7. The van der Waals surface area contributed by atoms with Crippen LogP contribution in [0.5, 0.6) is 11.5 Å². The third-order valence-electron chi connectivity index (χ3n) is 5.43. The Morgan fingerprint density at radius 3 is 2.03 bits per heavy atom. The number of hydrogen-bond donors (Lipinski definition) is 0. The summed E-state index contributed by atoms with van der Waals surface area (Å²) in [4.78, 5) is 12.4. The molecule has 0 aromatic heterocycles. The van der Waals surface area contributed by atoms with Crippen molar-refractivity contribution in [1.82, 2.24) is 0 Å². The molecule has 0 saturated carbocycles. The van der Waals surface area contributed by atoms with Gasteiger partial charge in [0.25, 0.3) is 0 Å². The number of ether oxygens (including phenoxy) is 2. The molecule has 30 heavy (non-hydrogen) atoms. The summed E-state index contributed by atoms with van der Waals surface area (Å²) < 4.78 is 11.6. The Morgan fingerprint density at radius 2 is 1.40 bits per heavy atom. The van der Waals surface area contributed by atoms with Crippen LogP contribution in [0.4, 0.5) is 0 Å². The number of unbranched alkanes of at least 4 members (excludes halogenated alkanes) is 5. The highest BCUT2D eigenvalue weighted by Gasteiger charge is 2.11. The highest BCUT2D eigenvalue weighted by atomic mass is 16.5. The summed E-state index contributed by atoms with van der Waals surface area (Å²) in [6, 6.07) is 15.1. The molecule has 2 aromatic rings. The smallest absolute Gasteiger partial charge is 0.343 e. The predicted octanol–water partition coefficient (Wildman–Crippen LogP) is 7.77. The van der Waals surface area contributed by atoms with Gasteiger partial charge in [-0.3, -0.25) is 0 Å². The van der Waals surface area contributed by atoms with Gasteiger partial charge in [-0.2, -0.15) is 0 Å². The molecule has 2 aromatic carbocycles. The van der Waals surface area contributed by atoms with E-state index in [1.165, 1.54) is 50.5 Å². The van der Waals surface area contributed by atoms with Crippen LogP contribution in [0.3, 0.4) is 0 Å². The van der Waals surface area contributed by atoms with Gasteiger partial charge in [0.15, 0.2) is 0 Å². The van der Waals surface area contributed by atoms with Crippen molar-refractivity contribution in [3.8, 4) is 11.5 Å². The lowest BCUT2D eigenvalue weighted by molar-refractivity contribution is 0.0734. The van der Waals surface area contributed by atoms with Crippen molar-refractivity contribution in [2.24, 2.45) is 0 Å². The van der Waals surface area contributed by atoms with Crippen LogP contribution in [0.25, 0.3) is 0 Å². The van der Waals surface area contributed by atoms with Gasteiger partial charge in [0, 0.05) is 0 Å². The molecule has 0 radical (unpaired) electrons. The summed E-state index contributed by atoms with van der Waals surface area (Å²) in [7, 11) is 0. The van der Waals surface area contributed by atoms with Crippen LogP contribution >= 0.6 is 0 Å². The van der Waals surface area contributed by atoms with Gasteiger partial charge in [-0.25, -0.2) is 4.79 Å². The molecule has 3 heteroatoms. The first kappa shape index (κ1) is 24.0. The zero-order valence-electron chi connectivity index (χ0n) is 19.0. The maximum absolute atomic E-state index is 12.4. The first-order valence-corrected chi connectivity index (χ1v) is 11.7. The molecule has 0 aliphatic rings. The van der Waals surface area contributed by atoms with Gasteiger partial charge in [0.2, 0.25) is 0 Å². The molecule has 0 amide bonds. The second-order valence-electron chi connectivity index (χ2n) is 8.01. The molecule has 0 aliphatic carbocycles. The molecule has 1 atom stereocenters. The van der Waals surface area contributed by atoms with E-state index in [2.05, 4.69) is 20.8 Å². The number of aryl methyl sites for hydroxylation is 1. The molecule has 0 spiro atoms. The number of hydrogen-bond acceptors (Lipinski definition) is 3. The Labute approximate surface area is 182 Å². The molecule has 2 rings (SSSR count). The third kappa shape index (κ3) is 8.61. The van der Waals surface area contributed by atoms with Crippen molar-refractivity contribution in [2.45, 2.75) is 91.1 Å². The molecule has 0 unspecified atom stereocenters. The van der Waals surface area contributed by atoms with E-state index >= 15 is 0 Å². The van der Waals surface area contributed by atoms with Crippen molar-refractivity contribution in [3.63, 3.8) is 0 Å². The van der Waals surface area contributed by atoms with Crippen LogP contribution in [0.15, 0.2) is 48.5 Å². The molecule has 0 fully saturated rings. The minimum atomic E-state index is -0.341. The second kappa shape index (κ2) is 13.8. The Bertz CT molecular complexity index is 719. The van der Waals surface area contributed by atoms with Gasteiger partial charge in [-0.05, 0) is 74.1 Å². The van der Waals surface area contributed by atoms with Crippen LogP contribution in [-0.2, 0) is 6.42 Å². The molecule has 0 saturated heterocycles. The number of benzene rings is 2. The van der Waals surface area contributed by atoms with Crippen LogP contribution in [0.2, 0.25) is 0 Å². The number of carbonyl (C=O) groups is 1. The van der Waals surface area contributed by atoms with Gasteiger partial charge in [-0.1, -0.05) is 65.0 Å². The molecule has 0 bridgehead atoms. The summed E-state index contributed by atoms with van der Waals surface area (Å²) in [5.41, 5.74) is 1.82. The summed E-state index contributed by atoms with van der Waals surface area (Å²) in [5, 5.41) is 0. The number of esters is 1. The molecule has 0 N–H and O–H groups in total. The largest absolute Gasteiger partial charge is 0.490 e. The van der Waals surface area contributed by atoms with Crippen LogP contribution in [0, 0.1) is 0 Å². The lowest BCUT2D eigenvalue weighted by Crippen LogP contribution is -2.15. The van der Waals surface area contributed by atoms with Crippen LogP contribution < -0.4 is 9.47 Å². The lowest BCUT2D eigenvalue weighted by atomic mass is 10.1. The fourth-order valence-electron chi connectivity index (χ4n) is 3.48. The monoisotopic (exact) mass is 410 g/mol. The number of carbonyl (C=O) groups excluding carboxylic acids is 1. The normalized spacial score (nSPS) is 11.8. The quantitative estimate of drug-likeness (QED) is 0.181. The van der Waals surface area contributed by atoms with Crippen molar-refractivity contribution in [1.29, 1.82) is 0 Å². The van der Waals surface area contributed by atoms with Gasteiger partial charge in [0.1, 0.15) is 11.5 Å². The second-order valence-corrected chi connectivity index (χ2v) is 8.01. The van der Waals surface area contributed by atoms with E-state index in [-0.39, 0.29) is 12.1 Å². The topological polar surface area (TPSA) is 35.5 Å². The maximum Gasteiger partial charge on any atom is 0.343 e. The van der Waals surface area contributed by atoms with E-state index in [4.69, 9.17) is 9.47 Å². The minimum absolute atomic E-state index is 0.232. The number of rotatable bonds is 14. The van der Waals surface area contributed by atoms with Crippen LogP contribution in [0.1, 0.15) is 94.5 Å². The maximum atomic E-state index is 12.4. The summed E-state index contributed by atoms with van der Waals surface area (Å²) >= 11 is 0. The molecular formula is C27H38O3. The predicted molar refractivity (Wildman–Crippen MR) is 125 cm³/mol. The third-order valence-corrected chi connectivity index (χ3v) is 5.43. The van der Waals surface area contributed by atoms with Gasteiger partial charge in [0.05, 0.1) is 11.7 Å². The molecule has 0 aliphatic heterocycles. The Hall–Kier alpha value is -2.29. The summed E-state index contributed by atoms with van der Waals surface area (Å²) in [5.74, 6) is 1.05. The SMILES string of the molecule is CCCCCC[C@@H](CC)Oc1ccc(C(=O)Oc2ccc(CCCCC)cc2)cc1. The van der Waals surface area contributed by atoms with E-state index in [0.717, 1.165) is 25.0 Å². The minimum Gasteiger partial charge on any atom is -0.490 e. The van der Waals surface area contributed by atoms with Gasteiger partial charge in [-0.15, -0.1) is 0 Å². The highest BCUT2D eigenvalue weighted by molar-refractivity contribution is 5.91. The van der Waals surface area contributed by atoms with E-state index in [1.807, 2.05) is 36.4 Å². The fourth-order valence-corrected chi connectivity index (χ4v) is 3.48. The Balaban J connectivity index is 1.84. The molecular weight excluding hydrogens is 372 g/mol. The first-order valence-electron chi connectivity index (χ1n) is 11.7. The molecule has 164 valence electrons. The zero-order valence-corrected chi connectivity index (χ0v) is 19.0. The van der Waals surface area contributed by atoms with Crippen molar-refractivity contribution >= 4 is 5.97 Å². The zero-order chi connectivity index (χ0) is 21.6. The summed E-state index contributed by atoms with van der Waals surface area (Å²) in [6.07, 6.45) is 12.0. The Kier molecular flexibility index (Phi) is 11.1. The fraction of sp³-hybridized carbons (Fsp3) is 0.519. The van der Waals surface area contributed by atoms with E-state index in [9.17, 15) is 4.79 Å². The van der Waals surface area contributed by atoms with E-state index in [1.54, 1.807) is 12.1 Å². The average Bonchev–Trinajstić information content (AvgIpc) is 2.77. The van der Waals surface area contributed by atoms with Crippen molar-refractivity contribution in [2.75, 3.05) is 0 Å². The highest BCUT2D eigenvalue weighted by Crippen LogP contribution is 2.20. The lowest BCUT2D eigenvalue weighted by Gasteiger charge is -2.17. The van der Waals surface area contributed by atoms with E-state index < -0.39 is 0 Å².